The zero-order valence-corrected chi connectivity index (χ0v) is 15.9. The molecule has 0 spiro atoms. The van der Waals surface area contributed by atoms with Crippen LogP contribution in [0.3, 0.4) is 0 Å². The molecule has 0 atom stereocenters. The van der Waals surface area contributed by atoms with Crippen LogP contribution in [0.2, 0.25) is 0 Å². The Morgan fingerprint density at radius 1 is 1.22 bits per heavy atom. The molecule has 10 heteroatoms. The zero-order valence-electron chi connectivity index (χ0n) is 15.0. The smallest absolute Gasteiger partial charge is 0.344 e. The molecule has 27 heavy (non-hydrogen) atoms. The molecule has 2 heterocycles. The van der Waals surface area contributed by atoms with Gasteiger partial charge in [0, 0.05) is 19.7 Å². The number of aryl methyl sites for hydroxylation is 1. The first-order valence-electron chi connectivity index (χ1n) is 8.05. The summed E-state index contributed by atoms with van der Waals surface area (Å²) in [6, 6.07) is 7.95. The van der Waals surface area contributed by atoms with E-state index in [1.165, 1.54) is 14.0 Å². The number of esters is 1. The van der Waals surface area contributed by atoms with Crippen LogP contribution in [0.15, 0.2) is 45.0 Å². The first-order valence-corrected chi connectivity index (χ1v) is 9.45. The Labute approximate surface area is 156 Å². The van der Waals surface area contributed by atoms with Gasteiger partial charge >= 0.3 is 16.2 Å². The third-order valence-electron chi connectivity index (χ3n) is 3.86. The van der Waals surface area contributed by atoms with E-state index < -0.39 is 16.2 Å². The molecule has 0 unspecified atom stereocenters. The van der Waals surface area contributed by atoms with Crippen LogP contribution < -0.4 is 0 Å². The van der Waals surface area contributed by atoms with Crippen LogP contribution in [0, 0.1) is 6.92 Å². The maximum absolute atomic E-state index is 12.2. The summed E-state index contributed by atoms with van der Waals surface area (Å²) in [6.45, 7) is 3.21. The number of ether oxygens (including phenoxy) is 1. The normalized spacial score (nSPS) is 15.9. The molecule has 1 aromatic heterocycles. The maximum atomic E-state index is 12.2. The molecule has 0 amide bonds. The van der Waals surface area contributed by atoms with Gasteiger partial charge in [-0.05, 0) is 19.4 Å². The molecule has 0 aliphatic carbocycles. The van der Waals surface area contributed by atoms with E-state index in [1.54, 1.807) is 0 Å². The number of hydrogen-bond donors (Lipinski definition) is 0. The van der Waals surface area contributed by atoms with Gasteiger partial charge in [0.2, 0.25) is 0 Å². The Bertz CT molecular complexity index is 1020. The second kappa shape index (κ2) is 7.31. The van der Waals surface area contributed by atoms with Gasteiger partial charge < -0.3 is 9.26 Å². The molecular formula is C17H18N4O5S. The van der Waals surface area contributed by atoms with Gasteiger partial charge in [-0.2, -0.15) is 13.4 Å². The molecule has 1 aliphatic rings. The average molecular weight is 390 g/mol. The summed E-state index contributed by atoms with van der Waals surface area (Å²) in [5.74, 6) is -0.0981. The first-order chi connectivity index (χ1) is 12.7. The predicted molar refractivity (Wildman–Crippen MR) is 96.0 cm³/mol. The Morgan fingerprint density at radius 2 is 1.93 bits per heavy atom. The van der Waals surface area contributed by atoms with E-state index in [-0.39, 0.29) is 23.8 Å². The highest BCUT2D eigenvalue weighted by molar-refractivity contribution is 7.88. The van der Waals surface area contributed by atoms with Crippen molar-refractivity contribution in [1.29, 1.82) is 0 Å². The molecule has 3 rings (SSSR count). The number of carbonyl (C=O) groups excluding carboxylic acids is 1. The fourth-order valence-electron chi connectivity index (χ4n) is 2.34. The van der Waals surface area contributed by atoms with Gasteiger partial charge in [0.05, 0.1) is 11.3 Å². The minimum absolute atomic E-state index is 0.0479. The van der Waals surface area contributed by atoms with Crippen LogP contribution in [0.1, 0.15) is 29.8 Å². The highest BCUT2D eigenvalue weighted by atomic mass is 32.2. The molecule has 1 aromatic carbocycles. The number of hydrogen-bond acceptors (Lipinski definition) is 7. The average Bonchev–Trinajstić information content (AvgIpc) is 3.05. The van der Waals surface area contributed by atoms with Crippen molar-refractivity contribution < 1.29 is 22.5 Å². The van der Waals surface area contributed by atoms with Crippen molar-refractivity contribution in [2.45, 2.75) is 26.9 Å². The van der Waals surface area contributed by atoms with E-state index in [9.17, 15) is 13.2 Å². The van der Waals surface area contributed by atoms with Crippen LogP contribution in [-0.4, -0.2) is 41.6 Å². The van der Waals surface area contributed by atoms with Gasteiger partial charge in [-0.15, -0.1) is 4.40 Å². The lowest BCUT2D eigenvalue weighted by molar-refractivity contribution is -0.140. The Morgan fingerprint density at radius 3 is 2.63 bits per heavy atom. The molecule has 0 saturated heterocycles. The number of rotatable bonds is 5. The quantitative estimate of drug-likeness (QED) is 0.711. The van der Waals surface area contributed by atoms with E-state index >= 15 is 0 Å². The lowest BCUT2D eigenvalue weighted by Crippen LogP contribution is -2.29. The molecular weight excluding hydrogens is 372 g/mol. The molecule has 0 saturated carbocycles. The van der Waals surface area contributed by atoms with Crippen LogP contribution in [0.25, 0.3) is 0 Å². The Hall–Kier alpha value is -3.01. The Balaban J connectivity index is 1.61. The van der Waals surface area contributed by atoms with Crippen molar-refractivity contribution in [1.82, 2.24) is 14.4 Å². The molecule has 9 nitrogen and oxygen atoms in total. The van der Waals surface area contributed by atoms with Crippen molar-refractivity contribution in [3.63, 3.8) is 0 Å². The van der Waals surface area contributed by atoms with Gasteiger partial charge in [0.1, 0.15) is 0 Å². The van der Waals surface area contributed by atoms with E-state index in [4.69, 9.17) is 9.26 Å². The maximum Gasteiger partial charge on any atom is 0.344 e. The standard InChI is InChI=1S/C17H18N4O5S/c1-11-4-6-13(7-5-11)8-15-18-16(26-19-15)10-25-17(22)14-9-21(3)27(23,24)20-12(14)2/h4-7,9H,8,10H2,1-3H3. The molecule has 0 N–H and O–H groups in total. The van der Waals surface area contributed by atoms with Gasteiger partial charge in [0.25, 0.3) is 5.89 Å². The number of aromatic nitrogens is 2. The largest absolute Gasteiger partial charge is 0.452 e. The van der Waals surface area contributed by atoms with Crippen molar-refractivity contribution in [3.8, 4) is 0 Å². The summed E-state index contributed by atoms with van der Waals surface area (Å²) in [4.78, 5) is 16.4. The second-order valence-electron chi connectivity index (χ2n) is 6.06. The van der Waals surface area contributed by atoms with E-state index in [2.05, 4.69) is 14.5 Å². The van der Waals surface area contributed by atoms with E-state index in [0.717, 1.165) is 21.6 Å². The monoisotopic (exact) mass is 390 g/mol. The summed E-state index contributed by atoms with van der Waals surface area (Å²) in [5.41, 5.74) is 2.30. The topological polar surface area (TPSA) is 115 Å². The van der Waals surface area contributed by atoms with Crippen molar-refractivity contribution in [2.24, 2.45) is 4.40 Å². The van der Waals surface area contributed by atoms with Crippen LogP contribution >= 0.6 is 0 Å². The highest BCUT2D eigenvalue weighted by Gasteiger charge is 2.26. The minimum Gasteiger partial charge on any atom is -0.452 e. The van der Waals surface area contributed by atoms with E-state index in [1.807, 2.05) is 31.2 Å². The fraction of sp³-hybridized carbons (Fsp3) is 0.294. The Kier molecular flexibility index (Phi) is 5.08. The van der Waals surface area contributed by atoms with Gasteiger partial charge in [0.15, 0.2) is 12.4 Å². The third-order valence-corrected chi connectivity index (χ3v) is 5.19. The summed E-state index contributed by atoms with van der Waals surface area (Å²) in [7, 11) is -2.49. The number of benzene rings is 1. The van der Waals surface area contributed by atoms with Crippen molar-refractivity contribution in [3.05, 3.63) is 58.9 Å². The third kappa shape index (κ3) is 4.40. The molecule has 0 fully saturated rings. The van der Waals surface area contributed by atoms with Gasteiger partial charge in [-0.25, -0.2) is 4.79 Å². The summed E-state index contributed by atoms with van der Waals surface area (Å²) in [6.07, 6.45) is 1.66. The fourth-order valence-corrected chi connectivity index (χ4v) is 3.15. The highest BCUT2D eigenvalue weighted by Crippen LogP contribution is 2.16. The molecule has 2 aromatic rings. The lowest BCUT2D eigenvalue weighted by Gasteiger charge is -2.18. The van der Waals surface area contributed by atoms with Crippen LogP contribution in [0.4, 0.5) is 0 Å². The second-order valence-corrected chi connectivity index (χ2v) is 7.71. The van der Waals surface area contributed by atoms with Gasteiger partial charge in [-0.1, -0.05) is 35.0 Å². The minimum atomic E-state index is -3.78. The summed E-state index contributed by atoms with van der Waals surface area (Å²) in [5, 5.41) is 3.87. The molecule has 0 bridgehead atoms. The zero-order chi connectivity index (χ0) is 19.6. The van der Waals surface area contributed by atoms with Crippen LogP contribution in [-0.2, 0) is 32.8 Å². The van der Waals surface area contributed by atoms with Crippen LogP contribution in [0.5, 0.6) is 0 Å². The summed E-state index contributed by atoms with van der Waals surface area (Å²) >= 11 is 0. The van der Waals surface area contributed by atoms with Crippen molar-refractivity contribution in [2.75, 3.05) is 7.05 Å². The number of carbonyl (C=O) groups is 1. The molecule has 1 aliphatic heterocycles. The predicted octanol–water partition coefficient (Wildman–Crippen LogP) is 1.55. The molecule has 0 radical (unpaired) electrons. The van der Waals surface area contributed by atoms with E-state index in [0.29, 0.717) is 12.2 Å². The first kappa shape index (κ1) is 18.8. The van der Waals surface area contributed by atoms with Gasteiger partial charge in [-0.3, -0.25) is 4.31 Å². The SMILES string of the molecule is CC1=NS(=O)(=O)N(C)C=C1C(=O)OCc1nc(Cc2ccc(C)cc2)no1. The summed E-state index contributed by atoms with van der Waals surface area (Å²) < 4.78 is 37.8. The molecule has 142 valence electrons. The van der Waals surface area contributed by atoms with Crippen molar-refractivity contribution >= 4 is 21.9 Å². The number of nitrogens with zero attached hydrogens (tertiary/aromatic N) is 4. The lowest BCUT2D eigenvalue weighted by atomic mass is 10.1.